The average Bonchev–Trinajstić information content (AvgIpc) is 1.88. The maximum Gasteiger partial charge on any atom is 0.0525 e. The molecule has 54 valence electrons. The van der Waals surface area contributed by atoms with Crippen molar-refractivity contribution in [1.29, 1.82) is 0 Å². The number of hydrogen-bond acceptors (Lipinski definition) is 2. The molecule has 1 aliphatic rings. The van der Waals surface area contributed by atoms with Crippen LogP contribution in [0.2, 0.25) is 0 Å². The van der Waals surface area contributed by atoms with Gasteiger partial charge in [0, 0.05) is 12.3 Å². The number of nitrogens with zero attached hydrogens (tertiary/aromatic N) is 2. The van der Waals surface area contributed by atoms with Gasteiger partial charge in [0.05, 0.1) is 5.70 Å². The van der Waals surface area contributed by atoms with Crippen molar-refractivity contribution in [2.75, 3.05) is 0 Å². The minimum atomic E-state index is 0.397. The molecule has 0 bridgehead atoms. The van der Waals surface area contributed by atoms with Gasteiger partial charge in [-0.1, -0.05) is 6.58 Å². The van der Waals surface area contributed by atoms with Crippen LogP contribution in [0.3, 0.4) is 0 Å². The first-order valence-electron chi connectivity index (χ1n) is 3.40. The topological polar surface area (TPSA) is 15.6 Å². The minimum absolute atomic E-state index is 0.397. The lowest BCUT2D eigenvalue weighted by Gasteiger charge is -2.24. The first kappa shape index (κ1) is 7.06. The Kier molecular flexibility index (Phi) is 1.90. The number of rotatable bonds is 1. The highest BCUT2D eigenvalue weighted by atomic mass is 15.5. The quantitative estimate of drug-likeness (QED) is 0.536. The fourth-order valence-corrected chi connectivity index (χ4v) is 0.880. The third-order valence-electron chi connectivity index (χ3n) is 1.35. The molecule has 10 heavy (non-hydrogen) atoms. The van der Waals surface area contributed by atoms with Crippen molar-refractivity contribution < 1.29 is 0 Å². The molecule has 0 aliphatic carbocycles. The van der Waals surface area contributed by atoms with Gasteiger partial charge in [0.2, 0.25) is 0 Å². The highest BCUT2D eigenvalue weighted by Gasteiger charge is 2.08. The fourth-order valence-electron chi connectivity index (χ4n) is 0.880. The van der Waals surface area contributed by atoms with Gasteiger partial charge in [-0.25, -0.2) is 0 Å². The molecular weight excluding hydrogens is 124 g/mol. The van der Waals surface area contributed by atoms with Crippen LogP contribution in [-0.2, 0) is 0 Å². The molecule has 0 spiro atoms. The lowest BCUT2D eigenvalue weighted by Crippen LogP contribution is -2.24. The normalized spacial score (nSPS) is 17.1. The first-order chi connectivity index (χ1) is 4.72. The number of allylic oxidation sites excluding steroid dienone is 2. The molecule has 2 nitrogen and oxygen atoms in total. The summed E-state index contributed by atoms with van der Waals surface area (Å²) in [5, 5.41) is 6.02. The monoisotopic (exact) mass is 136 g/mol. The summed E-state index contributed by atoms with van der Waals surface area (Å²) in [7, 11) is 0. The Labute approximate surface area is 61.5 Å². The molecule has 0 unspecified atom stereocenters. The molecule has 1 aliphatic heterocycles. The van der Waals surface area contributed by atoms with Crippen LogP contribution < -0.4 is 0 Å². The van der Waals surface area contributed by atoms with Crippen LogP contribution in [0.25, 0.3) is 0 Å². The Bertz CT molecular complexity index is 189. The summed E-state index contributed by atoms with van der Waals surface area (Å²) in [6.45, 7) is 8.01. The van der Waals surface area contributed by atoms with E-state index in [-0.39, 0.29) is 0 Å². The summed E-state index contributed by atoms with van der Waals surface area (Å²) >= 11 is 0. The molecule has 0 atom stereocenters. The van der Waals surface area contributed by atoms with Gasteiger partial charge in [-0.2, -0.15) is 5.10 Å². The fraction of sp³-hybridized carbons (Fsp3) is 0.375. The molecule has 0 aromatic heterocycles. The molecule has 1 rings (SSSR count). The zero-order valence-electron chi connectivity index (χ0n) is 6.41. The van der Waals surface area contributed by atoms with Gasteiger partial charge in [-0.05, 0) is 26.0 Å². The van der Waals surface area contributed by atoms with E-state index in [1.165, 1.54) is 0 Å². The molecular formula is C8H12N2. The number of hydrogen-bond donors (Lipinski definition) is 0. The molecule has 2 heteroatoms. The Morgan fingerprint density at radius 1 is 1.60 bits per heavy atom. The maximum atomic E-state index is 4.13. The smallest absolute Gasteiger partial charge is 0.0525 e. The Morgan fingerprint density at radius 3 is 2.70 bits per heavy atom. The summed E-state index contributed by atoms with van der Waals surface area (Å²) < 4.78 is 0. The minimum Gasteiger partial charge on any atom is -0.264 e. The van der Waals surface area contributed by atoms with Crippen molar-refractivity contribution >= 4 is 6.21 Å². The van der Waals surface area contributed by atoms with Crippen LogP contribution in [0, 0.1) is 0 Å². The molecule has 0 saturated heterocycles. The zero-order valence-corrected chi connectivity index (χ0v) is 6.41. The van der Waals surface area contributed by atoms with E-state index >= 15 is 0 Å². The zero-order chi connectivity index (χ0) is 7.56. The molecule has 0 saturated carbocycles. The second-order valence-electron chi connectivity index (χ2n) is 2.55. The molecule has 0 amide bonds. The molecule has 0 aromatic carbocycles. The third kappa shape index (κ3) is 1.26. The SMILES string of the molecule is C=C1C=CC=NN1C(C)C. The van der Waals surface area contributed by atoms with Crippen LogP contribution in [-0.4, -0.2) is 17.3 Å². The standard InChI is InChI=1S/C8H12N2/c1-7(2)10-8(3)5-4-6-9-10/h4-7H,3H2,1-2H3. The van der Waals surface area contributed by atoms with Crippen molar-refractivity contribution in [1.82, 2.24) is 5.01 Å². The number of hydrazone groups is 1. The summed E-state index contributed by atoms with van der Waals surface area (Å²) in [5.74, 6) is 0. The van der Waals surface area contributed by atoms with E-state index in [1.807, 2.05) is 17.2 Å². The van der Waals surface area contributed by atoms with E-state index in [4.69, 9.17) is 0 Å². The van der Waals surface area contributed by atoms with E-state index < -0.39 is 0 Å². The van der Waals surface area contributed by atoms with Crippen LogP contribution in [0.15, 0.2) is 29.5 Å². The molecule has 0 aromatic rings. The van der Waals surface area contributed by atoms with E-state index in [1.54, 1.807) is 6.21 Å². The van der Waals surface area contributed by atoms with Gasteiger partial charge < -0.3 is 0 Å². The van der Waals surface area contributed by atoms with E-state index in [0.29, 0.717) is 6.04 Å². The Morgan fingerprint density at radius 2 is 2.30 bits per heavy atom. The van der Waals surface area contributed by atoms with Gasteiger partial charge in [0.15, 0.2) is 0 Å². The average molecular weight is 136 g/mol. The second-order valence-corrected chi connectivity index (χ2v) is 2.55. The van der Waals surface area contributed by atoms with E-state index in [2.05, 4.69) is 25.5 Å². The van der Waals surface area contributed by atoms with Crippen molar-refractivity contribution in [3.05, 3.63) is 24.4 Å². The van der Waals surface area contributed by atoms with Crippen LogP contribution in [0.1, 0.15) is 13.8 Å². The second kappa shape index (κ2) is 2.69. The Balaban J connectivity index is 2.70. The summed E-state index contributed by atoms with van der Waals surface area (Å²) in [6.07, 6.45) is 5.61. The predicted molar refractivity (Wildman–Crippen MR) is 43.7 cm³/mol. The van der Waals surface area contributed by atoms with Crippen molar-refractivity contribution in [3.8, 4) is 0 Å². The highest BCUT2D eigenvalue weighted by Crippen LogP contribution is 2.11. The van der Waals surface area contributed by atoms with E-state index in [9.17, 15) is 0 Å². The lowest BCUT2D eigenvalue weighted by molar-refractivity contribution is 0.309. The van der Waals surface area contributed by atoms with Crippen molar-refractivity contribution in [2.24, 2.45) is 5.10 Å². The molecule has 0 N–H and O–H groups in total. The van der Waals surface area contributed by atoms with Gasteiger partial charge in [0.25, 0.3) is 0 Å². The third-order valence-corrected chi connectivity index (χ3v) is 1.35. The molecule has 0 fully saturated rings. The van der Waals surface area contributed by atoms with Crippen LogP contribution in [0.4, 0.5) is 0 Å². The van der Waals surface area contributed by atoms with Crippen molar-refractivity contribution in [3.63, 3.8) is 0 Å². The van der Waals surface area contributed by atoms with E-state index in [0.717, 1.165) is 5.70 Å². The molecule has 0 radical (unpaired) electrons. The summed E-state index contributed by atoms with van der Waals surface area (Å²) in [4.78, 5) is 0. The predicted octanol–water partition coefficient (Wildman–Crippen LogP) is 1.77. The van der Waals surface area contributed by atoms with Crippen molar-refractivity contribution in [2.45, 2.75) is 19.9 Å². The van der Waals surface area contributed by atoms with Gasteiger partial charge in [-0.15, -0.1) is 0 Å². The summed E-state index contributed by atoms with van der Waals surface area (Å²) in [5.41, 5.74) is 0.956. The maximum absolute atomic E-state index is 4.13. The molecule has 1 heterocycles. The van der Waals surface area contributed by atoms with Gasteiger partial charge in [-0.3, -0.25) is 5.01 Å². The Hall–Kier alpha value is -1.05. The lowest BCUT2D eigenvalue weighted by atomic mass is 10.3. The summed E-state index contributed by atoms with van der Waals surface area (Å²) in [6, 6.07) is 0.397. The highest BCUT2D eigenvalue weighted by molar-refractivity contribution is 5.72. The van der Waals surface area contributed by atoms with Gasteiger partial charge >= 0.3 is 0 Å². The van der Waals surface area contributed by atoms with Crippen LogP contribution in [0.5, 0.6) is 0 Å². The first-order valence-corrected chi connectivity index (χ1v) is 3.40. The van der Waals surface area contributed by atoms with Crippen LogP contribution >= 0.6 is 0 Å². The van der Waals surface area contributed by atoms with Gasteiger partial charge in [0.1, 0.15) is 0 Å². The largest absolute Gasteiger partial charge is 0.264 e.